The molecule has 2 aromatic rings. The first-order valence-electron chi connectivity index (χ1n) is 6.95. The molecule has 0 N–H and O–H groups in total. The molecule has 0 aromatic heterocycles. The molecule has 2 nitrogen and oxygen atoms in total. The van der Waals surface area contributed by atoms with Crippen LogP contribution in [0.1, 0.15) is 28.5 Å². The molecule has 0 amide bonds. The van der Waals surface area contributed by atoms with E-state index in [0.717, 1.165) is 17.5 Å². The summed E-state index contributed by atoms with van der Waals surface area (Å²) in [7, 11) is 0. The first-order chi connectivity index (χ1) is 10.1. The fourth-order valence-corrected chi connectivity index (χ4v) is 2.68. The van der Waals surface area contributed by atoms with Crippen molar-refractivity contribution in [3.05, 3.63) is 58.9 Å². The molecule has 0 radical (unpaired) electrons. The van der Waals surface area contributed by atoms with Crippen molar-refractivity contribution in [1.82, 2.24) is 0 Å². The summed E-state index contributed by atoms with van der Waals surface area (Å²) in [6, 6.07) is 10.5. The van der Waals surface area contributed by atoms with Gasteiger partial charge in [0, 0.05) is 12.0 Å². The molecule has 0 saturated carbocycles. The van der Waals surface area contributed by atoms with Gasteiger partial charge in [0.25, 0.3) is 0 Å². The van der Waals surface area contributed by atoms with Crippen molar-refractivity contribution in [3.8, 4) is 11.5 Å². The predicted octanol–water partition coefficient (Wildman–Crippen LogP) is 4.62. The lowest BCUT2D eigenvalue weighted by molar-refractivity contribution is 0.297. The summed E-state index contributed by atoms with van der Waals surface area (Å²) in [4.78, 5) is 0. The molecule has 4 heteroatoms. The predicted molar refractivity (Wildman–Crippen MR) is 80.9 cm³/mol. The van der Waals surface area contributed by atoms with Crippen molar-refractivity contribution in [2.75, 3.05) is 13.2 Å². The maximum Gasteiger partial charge on any atom is 0.161 e. The Morgan fingerprint density at radius 2 is 1.81 bits per heavy atom. The van der Waals surface area contributed by atoms with Gasteiger partial charge in [-0.1, -0.05) is 23.8 Å². The van der Waals surface area contributed by atoms with Crippen LogP contribution in [0.4, 0.5) is 4.39 Å². The van der Waals surface area contributed by atoms with Gasteiger partial charge in [0.15, 0.2) is 11.5 Å². The third kappa shape index (κ3) is 2.98. The van der Waals surface area contributed by atoms with Gasteiger partial charge in [0.2, 0.25) is 0 Å². The molecule has 110 valence electrons. The summed E-state index contributed by atoms with van der Waals surface area (Å²) >= 11 is 6.46. The molecule has 1 atom stereocenters. The first-order valence-corrected chi connectivity index (χ1v) is 7.38. The minimum Gasteiger partial charge on any atom is -0.490 e. The van der Waals surface area contributed by atoms with E-state index in [-0.39, 0.29) is 5.82 Å². The van der Waals surface area contributed by atoms with E-state index >= 15 is 0 Å². The minimum absolute atomic E-state index is 0.298. The molecule has 0 spiro atoms. The van der Waals surface area contributed by atoms with Crippen LogP contribution < -0.4 is 9.47 Å². The van der Waals surface area contributed by atoms with Crippen molar-refractivity contribution in [3.63, 3.8) is 0 Å². The first kappa shape index (κ1) is 14.2. The SMILES string of the molecule is Cc1ccc(F)c(C(Cl)c2ccc3c(c2)OCCCO3)c1. The summed E-state index contributed by atoms with van der Waals surface area (Å²) in [5.41, 5.74) is 2.25. The maximum absolute atomic E-state index is 14.0. The second-order valence-electron chi connectivity index (χ2n) is 5.14. The van der Waals surface area contributed by atoms with Crippen LogP contribution in [0, 0.1) is 12.7 Å². The molecule has 21 heavy (non-hydrogen) atoms. The summed E-state index contributed by atoms with van der Waals surface area (Å²) in [5.74, 6) is 1.08. The van der Waals surface area contributed by atoms with Crippen molar-refractivity contribution < 1.29 is 13.9 Å². The Morgan fingerprint density at radius 1 is 1.05 bits per heavy atom. The highest BCUT2D eigenvalue weighted by Crippen LogP contribution is 2.37. The summed E-state index contributed by atoms with van der Waals surface area (Å²) in [5, 5.41) is -0.554. The van der Waals surface area contributed by atoms with E-state index in [9.17, 15) is 4.39 Å². The molecule has 0 aliphatic carbocycles. The lowest BCUT2D eigenvalue weighted by Crippen LogP contribution is -1.99. The van der Waals surface area contributed by atoms with Gasteiger partial charge in [-0.3, -0.25) is 0 Å². The lowest BCUT2D eigenvalue weighted by atomic mass is 10.0. The molecule has 0 bridgehead atoms. The minimum atomic E-state index is -0.554. The van der Waals surface area contributed by atoms with Gasteiger partial charge in [-0.15, -0.1) is 11.6 Å². The van der Waals surface area contributed by atoms with Crippen molar-refractivity contribution in [2.24, 2.45) is 0 Å². The zero-order valence-corrected chi connectivity index (χ0v) is 12.5. The normalized spacial score (nSPS) is 15.4. The molecule has 2 aromatic carbocycles. The van der Waals surface area contributed by atoms with Gasteiger partial charge < -0.3 is 9.47 Å². The Labute approximate surface area is 128 Å². The number of aryl methyl sites for hydroxylation is 1. The molecular formula is C17H16ClFO2. The van der Waals surface area contributed by atoms with Crippen LogP contribution in [0.15, 0.2) is 36.4 Å². The van der Waals surface area contributed by atoms with E-state index in [0.29, 0.717) is 30.3 Å². The smallest absolute Gasteiger partial charge is 0.161 e. The monoisotopic (exact) mass is 306 g/mol. The zero-order valence-electron chi connectivity index (χ0n) is 11.7. The van der Waals surface area contributed by atoms with E-state index in [1.807, 2.05) is 25.1 Å². The third-order valence-electron chi connectivity index (χ3n) is 3.49. The average Bonchev–Trinajstić information content (AvgIpc) is 2.73. The van der Waals surface area contributed by atoms with E-state index in [1.54, 1.807) is 12.1 Å². The fraction of sp³-hybridized carbons (Fsp3) is 0.294. The second kappa shape index (κ2) is 5.94. The number of alkyl halides is 1. The molecule has 1 aliphatic heterocycles. The molecule has 1 unspecified atom stereocenters. The van der Waals surface area contributed by atoms with E-state index in [2.05, 4.69) is 0 Å². The highest BCUT2D eigenvalue weighted by Gasteiger charge is 2.18. The van der Waals surface area contributed by atoms with Crippen molar-refractivity contribution in [1.29, 1.82) is 0 Å². The van der Waals surface area contributed by atoms with Gasteiger partial charge in [0.05, 0.1) is 18.6 Å². The van der Waals surface area contributed by atoms with Crippen LogP contribution in [-0.4, -0.2) is 13.2 Å². The number of fused-ring (bicyclic) bond motifs is 1. The van der Waals surface area contributed by atoms with Gasteiger partial charge in [0.1, 0.15) is 5.82 Å². The Bertz CT molecular complexity index is 657. The third-order valence-corrected chi connectivity index (χ3v) is 3.98. The van der Waals surface area contributed by atoms with Gasteiger partial charge in [-0.25, -0.2) is 4.39 Å². The van der Waals surface area contributed by atoms with Crippen molar-refractivity contribution in [2.45, 2.75) is 18.7 Å². The molecule has 1 aliphatic rings. The average molecular weight is 307 g/mol. The van der Waals surface area contributed by atoms with Crippen LogP contribution in [0.25, 0.3) is 0 Å². The molecule has 3 rings (SSSR count). The Morgan fingerprint density at radius 3 is 2.62 bits per heavy atom. The topological polar surface area (TPSA) is 18.5 Å². The number of hydrogen-bond acceptors (Lipinski definition) is 2. The summed E-state index contributed by atoms with van der Waals surface area (Å²) in [6.45, 7) is 3.17. The highest BCUT2D eigenvalue weighted by atomic mass is 35.5. The summed E-state index contributed by atoms with van der Waals surface area (Å²) in [6.07, 6.45) is 0.848. The molecule has 1 heterocycles. The number of rotatable bonds is 2. The zero-order chi connectivity index (χ0) is 14.8. The van der Waals surface area contributed by atoms with Crippen LogP contribution in [0.5, 0.6) is 11.5 Å². The summed E-state index contributed by atoms with van der Waals surface area (Å²) < 4.78 is 25.2. The number of ether oxygens (including phenoxy) is 2. The Hall–Kier alpha value is -1.74. The van der Waals surface area contributed by atoms with Crippen LogP contribution in [-0.2, 0) is 0 Å². The van der Waals surface area contributed by atoms with E-state index in [1.165, 1.54) is 6.07 Å². The molecular weight excluding hydrogens is 291 g/mol. The van der Waals surface area contributed by atoms with E-state index < -0.39 is 5.38 Å². The maximum atomic E-state index is 14.0. The van der Waals surface area contributed by atoms with E-state index in [4.69, 9.17) is 21.1 Å². The Balaban J connectivity index is 1.96. The number of benzene rings is 2. The largest absolute Gasteiger partial charge is 0.490 e. The lowest BCUT2D eigenvalue weighted by Gasteiger charge is -2.15. The van der Waals surface area contributed by atoms with Crippen LogP contribution >= 0.6 is 11.6 Å². The Kier molecular flexibility index (Phi) is 4.02. The van der Waals surface area contributed by atoms with Crippen LogP contribution in [0.3, 0.4) is 0 Å². The van der Waals surface area contributed by atoms with Gasteiger partial charge in [-0.05, 0) is 30.7 Å². The number of halogens is 2. The highest BCUT2D eigenvalue weighted by molar-refractivity contribution is 6.22. The quantitative estimate of drug-likeness (QED) is 0.754. The molecule has 0 fully saturated rings. The standard InChI is InChI=1S/C17H16ClFO2/c1-11-3-5-14(19)13(9-11)17(18)12-4-6-15-16(10-12)21-8-2-7-20-15/h3-6,9-10,17H,2,7-8H2,1H3. The fourth-order valence-electron chi connectivity index (χ4n) is 2.37. The van der Waals surface area contributed by atoms with Gasteiger partial charge >= 0.3 is 0 Å². The van der Waals surface area contributed by atoms with Crippen LogP contribution in [0.2, 0.25) is 0 Å². The molecule has 0 saturated heterocycles. The van der Waals surface area contributed by atoms with Crippen molar-refractivity contribution >= 4 is 11.6 Å². The second-order valence-corrected chi connectivity index (χ2v) is 5.58. The van der Waals surface area contributed by atoms with Gasteiger partial charge in [-0.2, -0.15) is 0 Å². The number of hydrogen-bond donors (Lipinski definition) is 0.